The van der Waals surface area contributed by atoms with E-state index in [4.69, 9.17) is 14.6 Å². The summed E-state index contributed by atoms with van der Waals surface area (Å²) in [4.78, 5) is 23.3. The number of cyclic esters (lactones) is 1. The van der Waals surface area contributed by atoms with Gasteiger partial charge >= 0.3 is 12.1 Å². The molecule has 0 aromatic heterocycles. The highest BCUT2D eigenvalue weighted by Crippen LogP contribution is 2.19. The number of nitrogens with one attached hydrogen (secondary N) is 1. The molecule has 0 unspecified atom stereocenters. The first-order valence-corrected chi connectivity index (χ1v) is 7.05. The van der Waals surface area contributed by atoms with E-state index in [0.29, 0.717) is 0 Å². The van der Waals surface area contributed by atoms with Crippen LogP contribution in [-0.4, -0.2) is 47.1 Å². The molecule has 1 aromatic carbocycles. The number of rotatable bonds is 6. The van der Waals surface area contributed by atoms with Crippen LogP contribution in [0.4, 0.5) is 4.79 Å². The van der Waals surface area contributed by atoms with E-state index in [1.54, 1.807) is 0 Å². The summed E-state index contributed by atoms with van der Waals surface area (Å²) in [5, 5.41) is 20.5. The van der Waals surface area contributed by atoms with Crippen molar-refractivity contribution in [2.75, 3.05) is 6.61 Å². The highest BCUT2D eigenvalue weighted by Gasteiger charge is 2.36. The second-order valence-corrected chi connectivity index (χ2v) is 5.13. The second-order valence-electron chi connectivity index (χ2n) is 5.13. The Morgan fingerprint density at radius 1 is 1.41 bits per heavy atom. The third kappa shape index (κ3) is 4.71. The summed E-state index contributed by atoms with van der Waals surface area (Å²) >= 11 is 0. The molecule has 1 amide bonds. The molecule has 0 spiro atoms. The summed E-state index contributed by atoms with van der Waals surface area (Å²) in [5.74, 6) is -0.563. The number of benzene rings is 1. The number of hydrogen-bond donors (Lipinski definition) is 3. The molecular formula is C15H19NO6. The normalized spacial score (nSPS) is 22.0. The van der Waals surface area contributed by atoms with Crippen LogP contribution >= 0.6 is 0 Å². The molecular weight excluding hydrogens is 290 g/mol. The smallest absolute Gasteiger partial charge is 0.408 e. The van der Waals surface area contributed by atoms with Crippen LogP contribution in [0, 0.1) is 0 Å². The van der Waals surface area contributed by atoms with Crippen molar-refractivity contribution in [2.24, 2.45) is 0 Å². The van der Waals surface area contributed by atoms with Gasteiger partial charge in [-0.15, -0.1) is 0 Å². The first-order valence-electron chi connectivity index (χ1n) is 7.05. The molecule has 3 atom stereocenters. The average molecular weight is 309 g/mol. The van der Waals surface area contributed by atoms with Crippen molar-refractivity contribution in [3.05, 3.63) is 35.9 Å². The number of aliphatic hydroxyl groups is 2. The molecule has 1 aliphatic heterocycles. The summed E-state index contributed by atoms with van der Waals surface area (Å²) in [6, 6.07) is 8.38. The van der Waals surface area contributed by atoms with Gasteiger partial charge in [-0.3, -0.25) is 0 Å². The van der Waals surface area contributed by atoms with Gasteiger partial charge in [-0.2, -0.15) is 0 Å². The minimum Gasteiger partial charge on any atom is -0.461 e. The molecule has 1 heterocycles. The van der Waals surface area contributed by atoms with Gasteiger partial charge in [0.1, 0.15) is 18.8 Å². The number of alkyl carbamates (subject to hydrolysis) is 1. The zero-order valence-electron chi connectivity index (χ0n) is 12.0. The molecule has 22 heavy (non-hydrogen) atoms. The Labute approximate surface area is 127 Å². The average Bonchev–Trinajstić information content (AvgIpc) is 2.85. The number of ether oxygens (including phenoxy) is 2. The standard InChI is InChI=1S/C15H19NO6/c17-8-11(18)6-12-7-13(14(19)22-12)16-15(20)21-9-10-4-2-1-3-5-10/h1-5,11-13,17-18H,6-9H2,(H,16,20)/t11-,12+,13-/m0/s1. The van der Waals surface area contributed by atoms with Crippen molar-refractivity contribution < 1.29 is 29.3 Å². The van der Waals surface area contributed by atoms with Gasteiger partial charge in [0, 0.05) is 12.8 Å². The minimum absolute atomic E-state index is 0.112. The Morgan fingerprint density at radius 3 is 2.82 bits per heavy atom. The lowest BCUT2D eigenvalue weighted by atomic mass is 10.1. The zero-order valence-corrected chi connectivity index (χ0v) is 12.0. The molecule has 1 aromatic rings. The Kier molecular flexibility index (Phi) is 5.74. The van der Waals surface area contributed by atoms with Crippen LogP contribution in [0.1, 0.15) is 18.4 Å². The predicted molar refractivity (Wildman–Crippen MR) is 75.8 cm³/mol. The molecule has 120 valence electrons. The van der Waals surface area contributed by atoms with E-state index in [1.165, 1.54) is 0 Å². The third-order valence-electron chi connectivity index (χ3n) is 3.32. The lowest BCUT2D eigenvalue weighted by Gasteiger charge is -2.12. The molecule has 7 nitrogen and oxygen atoms in total. The first kappa shape index (κ1) is 16.3. The highest BCUT2D eigenvalue weighted by atomic mass is 16.6. The van der Waals surface area contributed by atoms with E-state index in [1.807, 2.05) is 30.3 Å². The topological polar surface area (TPSA) is 105 Å². The van der Waals surface area contributed by atoms with Gasteiger partial charge in [-0.25, -0.2) is 9.59 Å². The van der Waals surface area contributed by atoms with Crippen LogP contribution in [0.5, 0.6) is 0 Å². The maximum absolute atomic E-state index is 11.7. The number of aliphatic hydroxyl groups excluding tert-OH is 2. The van der Waals surface area contributed by atoms with Crippen LogP contribution in [0.2, 0.25) is 0 Å². The molecule has 0 aliphatic carbocycles. The van der Waals surface area contributed by atoms with Crippen LogP contribution < -0.4 is 5.32 Å². The number of carbonyl (C=O) groups is 2. The lowest BCUT2D eigenvalue weighted by molar-refractivity contribution is -0.143. The Morgan fingerprint density at radius 2 is 2.14 bits per heavy atom. The fraction of sp³-hybridized carbons (Fsp3) is 0.467. The largest absolute Gasteiger partial charge is 0.461 e. The summed E-state index contributed by atoms with van der Waals surface area (Å²) in [6.45, 7) is -0.285. The zero-order chi connectivity index (χ0) is 15.9. The summed E-state index contributed by atoms with van der Waals surface area (Å²) in [5.41, 5.74) is 0.843. The maximum Gasteiger partial charge on any atom is 0.408 e. The van der Waals surface area contributed by atoms with Crippen molar-refractivity contribution in [3.63, 3.8) is 0 Å². The van der Waals surface area contributed by atoms with Crippen molar-refractivity contribution >= 4 is 12.1 Å². The number of hydrogen-bond acceptors (Lipinski definition) is 6. The molecule has 3 N–H and O–H groups in total. The fourth-order valence-electron chi connectivity index (χ4n) is 2.20. The number of amides is 1. The first-order chi connectivity index (χ1) is 10.6. The van der Waals surface area contributed by atoms with E-state index in [-0.39, 0.29) is 19.4 Å². The van der Waals surface area contributed by atoms with Gasteiger partial charge in [-0.05, 0) is 5.56 Å². The molecule has 0 saturated carbocycles. The number of carbonyl (C=O) groups excluding carboxylic acids is 2. The highest BCUT2D eigenvalue weighted by molar-refractivity contribution is 5.82. The van der Waals surface area contributed by atoms with E-state index in [2.05, 4.69) is 5.32 Å². The summed E-state index contributed by atoms with van der Waals surface area (Å²) < 4.78 is 10.1. The van der Waals surface area contributed by atoms with Gasteiger partial charge in [0.25, 0.3) is 0 Å². The Balaban J connectivity index is 1.75. The minimum atomic E-state index is -0.943. The van der Waals surface area contributed by atoms with E-state index in [0.717, 1.165) is 5.56 Å². The quantitative estimate of drug-likeness (QED) is 0.655. The molecule has 7 heteroatoms. The molecule has 0 bridgehead atoms. The second kappa shape index (κ2) is 7.77. The van der Waals surface area contributed by atoms with Crippen LogP contribution in [-0.2, 0) is 20.9 Å². The Hall–Kier alpha value is -2.12. The Bertz CT molecular complexity index is 506. The van der Waals surface area contributed by atoms with E-state index >= 15 is 0 Å². The van der Waals surface area contributed by atoms with Crippen molar-refractivity contribution in [3.8, 4) is 0 Å². The monoisotopic (exact) mass is 309 g/mol. The van der Waals surface area contributed by atoms with Crippen LogP contribution in [0.15, 0.2) is 30.3 Å². The SMILES string of the molecule is O=C(N[C@H]1C[C@@H](C[C@H](O)CO)OC1=O)OCc1ccccc1. The third-order valence-corrected chi connectivity index (χ3v) is 3.32. The van der Waals surface area contributed by atoms with Crippen LogP contribution in [0.25, 0.3) is 0 Å². The molecule has 1 fully saturated rings. The molecule has 1 saturated heterocycles. The maximum atomic E-state index is 11.7. The predicted octanol–water partition coefficient (Wildman–Crippen LogP) is 0.340. The summed E-state index contributed by atoms with van der Waals surface area (Å²) in [6.07, 6.45) is -1.78. The summed E-state index contributed by atoms with van der Waals surface area (Å²) in [7, 11) is 0. The van der Waals surface area contributed by atoms with Crippen molar-refractivity contribution in [2.45, 2.75) is 37.7 Å². The molecule has 1 aliphatic rings. The van der Waals surface area contributed by atoms with Gasteiger partial charge in [0.15, 0.2) is 0 Å². The van der Waals surface area contributed by atoms with E-state index in [9.17, 15) is 14.7 Å². The van der Waals surface area contributed by atoms with Gasteiger partial charge in [0.2, 0.25) is 0 Å². The van der Waals surface area contributed by atoms with Crippen LogP contribution in [0.3, 0.4) is 0 Å². The number of esters is 1. The lowest BCUT2D eigenvalue weighted by Crippen LogP contribution is -2.38. The van der Waals surface area contributed by atoms with Gasteiger partial charge < -0.3 is 25.0 Å². The van der Waals surface area contributed by atoms with Crippen molar-refractivity contribution in [1.82, 2.24) is 5.32 Å². The van der Waals surface area contributed by atoms with E-state index < -0.39 is 36.9 Å². The molecule has 2 rings (SSSR count). The van der Waals surface area contributed by atoms with Crippen molar-refractivity contribution in [1.29, 1.82) is 0 Å². The van der Waals surface area contributed by atoms with Gasteiger partial charge in [-0.1, -0.05) is 30.3 Å². The fourth-order valence-corrected chi connectivity index (χ4v) is 2.20. The molecule has 0 radical (unpaired) electrons. The van der Waals surface area contributed by atoms with Gasteiger partial charge in [0.05, 0.1) is 12.7 Å².